The van der Waals surface area contributed by atoms with Crippen molar-refractivity contribution in [1.29, 1.82) is 0 Å². The van der Waals surface area contributed by atoms with Crippen molar-refractivity contribution < 1.29 is 28.3 Å². The van der Waals surface area contributed by atoms with Crippen LogP contribution >= 0.6 is 0 Å². The number of rotatable bonds is 10. The second-order valence-electron chi connectivity index (χ2n) is 11.2. The van der Waals surface area contributed by atoms with E-state index in [4.69, 9.17) is 13.6 Å². The van der Waals surface area contributed by atoms with Crippen molar-refractivity contribution in [3.05, 3.63) is 36.3 Å². The number of hydrogen-bond acceptors (Lipinski definition) is 6. The summed E-state index contributed by atoms with van der Waals surface area (Å²) in [7, 11) is -1.27. The van der Waals surface area contributed by atoms with E-state index >= 15 is 0 Å². The molecule has 1 amide bonds. The Balaban J connectivity index is 5.23. The molecule has 0 heterocycles. The van der Waals surface area contributed by atoms with E-state index in [-0.39, 0.29) is 22.4 Å². The molecule has 0 aliphatic carbocycles. The summed E-state index contributed by atoms with van der Waals surface area (Å²) in [5.74, 6) is -1.34. The number of hydrogen-bond donors (Lipinski definition) is 1. The highest BCUT2D eigenvalue weighted by Crippen LogP contribution is 2.37. The maximum Gasteiger partial charge on any atom is 0.330 e. The van der Waals surface area contributed by atoms with Crippen LogP contribution in [0.5, 0.6) is 0 Å². The van der Waals surface area contributed by atoms with Crippen LogP contribution in [0.3, 0.4) is 0 Å². The number of likely N-dealkylation sites (N-methyl/N-ethyl adjacent to an activating group) is 1. The van der Waals surface area contributed by atoms with Crippen molar-refractivity contribution in [2.24, 2.45) is 0 Å². The van der Waals surface area contributed by atoms with Crippen molar-refractivity contribution in [3.63, 3.8) is 0 Å². The first-order valence-electron chi connectivity index (χ1n) is 11.2. The van der Waals surface area contributed by atoms with Crippen molar-refractivity contribution in [1.82, 2.24) is 4.90 Å². The van der Waals surface area contributed by atoms with Gasteiger partial charge in [-0.05, 0) is 48.4 Å². The van der Waals surface area contributed by atoms with Crippen LogP contribution in [0.1, 0.15) is 41.5 Å². The first kappa shape index (κ1) is 31.2. The fourth-order valence-corrected chi connectivity index (χ4v) is 3.77. The molecule has 0 unspecified atom stereocenters. The molecule has 0 saturated carbocycles. The van der Waals surface area contributed by atoms with Gasteiger partial charge in [0.2, 0.25) is 8.32 Å². The number of nitrogens with zero attached hydrogens (tertiary/aromatic N) is 1. The molecule has 0 aliphatic rings. The monoisotopic (exact) mass is 499 g/mol. The number of carbonyl (C=O) groups is 2. The van der Waals surface area contributed by atoms with Gasteiger partial charge in [-0.15, -0.1) is 0 Å². The summed E-state index contributed by atoms with van der Waals surface area (Å²) in [5.41, 5.74) is 0. The zero-order chi connectivity index (χ0) is 26.3. The van der Waals surface area contributed by atoms with Gasteiger partial charge >= 0.3 is 5.97 Å². The van der Waals surface area contributed by atoms with E-state index in [0.29, 0.717) is 0 Å². The lowest BCUT2D eigenvalue weighted by Gasteiger charge is -2.38. The lowest BCUT2D eigenvalue weighted by Crippen LogP contribution is -2.50. The normalized spacial score (nSPS) is 15.1. The number of aliphatic hydroxyl groups excluding tert-OH is 1. The van der Waals surface area contributed by atoms with Crippen LogP contribution in [0, 0.1) is 0 Å². The maximum atomic E-state index is 12.6. The molecule has 0 aromatic rings. The Labute approximate surface area is 202 Å². The van der Waals surface area contributed by atoms with Crippen LogP contribution in [0.25, 0.3) is 0 Å². The Hall–Kier alpha value is -1.85. The summed E-state index contributed by atoms with van der Waals surface area (Å²) in [5, 5.41) is 10.2. The first-order chi connectivity index (χ1) is 14.8. The number of methoxy groups -OCH3 is 1. The van der Waals surface area contributed by atoms with E-state index in [9.17, 15) is 14.7 Å². The summed E-state index contributed by atoms with van der Waals surface area (Å²) in [4.78, 5) is 26.2. The Morgan fingerprint density at radius 2 is 1.48 bits per heavy atom. The summed E-state index contributed by atoms with van der Waals surface area (Å²) in [6.07, 6.45) is 7.31. The molecule has 0 aliphatic heterocycles. The van der Waals surface area contributed by atoms with Gasteiger partial charge in [0.25, 0.3) is 5.91 Å². The van der Waals surface area contributed by atoms with Gasteiger partial charge < -0.3 is 23.6 Å². The predicted octanol–water partition coefficient (Wildman–Crippen LogP) is 5.54. The molecule has 0 saturated heterocycles. The van der Waals surface area contributed by atoms with Crippen LogP contribution in [0.2, 0.25) is 36.3 Å². The second-order valence-corrected chi connectivity index (χ2v) is 20.8. The van der Waals surface area contributed by atoms with Gasteiger partial charge in [-0.1, -0.05) is 47.6 Å². The van der Waals surface area contributed by atoms with Gasteiger partial charge in [-0.2, -0.15) is 0 Å². The van der Waals surface area contributed by atoms with Crippen LogP contribution in [0.4, 0.5) is 0 Å². The average Bonchev–Trinajstić information content (AvgIpc) is 2.65. The number of esters is 1. The van der Waals surface area contributed by atoms with E-state index in [0.717, 1.165) is 6.08 Å². The highest BCUT2D eigenvalue weighted by atomic mass is 28.4. The van der Waals surface area contributed by atoms with Crippen LogP contribution < -0.4 is 0 Å². The summed E-state index contributed by atoms with van der Waals surface area (Å²) in [6, 6.07) is -0.914. The van der Waals surface area contributed by atoms with E-state index in [1.807, 2.05) is 0 Å². The largest absolute Gasteiger partial charge is 0.549 e. The van der Waals surface area contributed by atoms with Gasteiger partial charge in [0.1, 0.15) is 5.76 Å². The highest BCUT2D eigenvalue weighted by molar-refractivity contribution is 6.74. The van der Waals surface area contributed by atoms with E-state index in [2.05, 4.69) is 67.7 Å². The van der Waals surface area contributed by atoms with Crippen LogP contribution in [-0.4, -0.2) is 65.3 Å². The van der Waals surface area contributed by atoms with Crippen molar-refractivity contribution in [2.75, 3.05) is 20.8 Å². The minimum Gasteiger partial charge on any atom is -0.549 e. The highest BCUT2D eigenvalue weighted by Gasteiger charge is 2.39. The minimum atomic E-state index is -2.13. The number of amides is 1. The van der Waals surface area contributed by atoms with E-state index in [1.165, 1.54) is 25.1 Å². The fourth-order valence-electron chi connectivity index (χ4n) is 1.99. The fraction of sp³-hybridized carbons (Fsp3) is 0.667. The van der Waals surface area contributed by atoms with Crippen LogP contribution in [-0.2, 0) is 23.2 Å². The second kappa shape index (κ2) is 12.0. The number of carbonyl (C=O) groups excluding carboxylic acids is 2. The van der Waals surface area contributed by atoms with Gasteiger partial charge in [-0.3, -0.25) is 4.79 Å². The molecular weight excluding hydrogens is 454 g/mol. The molecule has 33 heavy (non-hydrogen) atoms. The Bertz CT molecular complexity index is 758. The van der Waals surface area contributed by atoms with Crippen molar-refractivity contribution in [3.8, 4) is 0 Å². The third-order valence-electron chi connectivity index (χ3n) is 6.59. The molecule has 0 aromatic heterocycles. The predicted molar refractivity (Wildman–Crippen MR) is 139 cm³/mol. The van der Waals surface area contributed by atoms with Gasteiger partial charge in [0.05, 0.1) is 20.0 Å². The molecule has 0 fully saturated rings. The summed E-state index contributed by atoms with van der Waals surface area (Å²) in [6.45, 7) is 21.2. The molecule has 7 nitrogen and oxygen atoms in total. The molecule has 0 radical (unpaired) electrons. The smallest absolute Gasteiger partial charge is 0.330 e. The first-order valence-corrected chi connectivity index (χ1v) is 17.0. The molecule has 0 aromatic carbocycles. The zero-order valence-electron chi connectivity index (χ0n) is 22.6. The SMILES string of the molecule is COC(=O)[C@H](CO[Si](C)(C)C(C)(C)C)N(C)C(=O)\C=C(O)/C=C/C=C/O[Si](C)(C)C(C)(C)C. The third-order valence-corrected chi connectivity index (χ3v) is 15.4. The third kappa shape index (κ3) is 9.89. The lowest BCUT2D eigenvalue weighted by molar-refractivity contribution is -0.151. The number of ether oxygens (including phenoxy) is 1. The minimum absolute atomic E-state index is 0.0311. The van der Waals surface area contributed by atoms with E-state index < -0.39 is 34.6 Å². The van der Waals surface area contributed by atoms with Crippen LogP contribution in [0.15, 0.2) is 36.3 Å². The van der Waals surface area contributed by atoms with Gasteiger partial charge in [0, 0.05) is 13.1 Å². The van der Waals surface area contributed by atoms with E-state index in [1.54, 1.807) is 18.4 Å². The Morgan fingerprint density at radius 1 is 0.970 bits per heavy atom. The standard InChI is InChI=1S/C24H45NO6Si2/c1-23(2,3)32(9,10)30-16-14-13-15-19(26)17-21(27)25(7)20(22(28)29-8)18-31-33(11,12)24(4,5)6/h13-17,20,26H,18H2,1-12H3/b15-13+,16-14+,19-17+/t20-/m0/s1. The average molecular weight is 500 g/mol. The number of aliphatic hydroxyl groups is 1. The van der Waals surface area contributed by atoms with Gasteiger partial charge in [0.15, 0.2) is 14.4 Å². The molecule has 0 bridgehead atoms. The molecule has 0 rings (SSSR count). The molecular formula is C24H45NO6Si2. The van der Waals surface area contributed by atoms with Gasteiger partial charge in [-0.25, -0.2) is 4.79 Å². The zero-order valence-corrected chi connectivity index (χ0v) is 24.6. The van der Waals surface area contributed by atoms with Crippen molar-refractivity contribution >= 4 is 28.5 Å². The molecule has 1 N–H and O–H groups in total. The molecule has 1 atom stereocenters. The summed E-state index contributed by atoms with van der Waals surface area (Å²) < 4.78 is 16.9. The maximum absolute atomic E-state index is 12.6. The molecule has 9 heteroatoms. The lowest BCUT2D eigenvalue weighted by atomic mass is 10.2. The Kier molecular flexibility index (Phi) is 11.4. The van der Waals surface area contributed by atoms with Crippen molar-refractivity contribution in [2.45, 2.75) is 83.8 Å². The Morgan fingerprint density at radius 3 is 1.94 bits per heavy atom. The molecule has 0 spiro atoms. The topological polar surface area (TPSA) is 85.3 Å². The quantitative estimate of drug-likeness (QED) is 0.140. The number of allylic oxidation sites excluding steroid dienone is 3. The molecule has 190 valence electrons. The summed E-state index contributed by atoms with van der Waals surface area (Å²) >= 11 is 0.